The minimum atomic E-state index is -1.01. The van der Waals surface area contributed by atoms with Crippen LogP contribution in [0.15, 0.2) is 48.0 Å². The quantitative estimate of drug-likeness (QED) is 0.523. The van der Waals surface area contributed by atoms with Crippen LogP contribution in [0.2, 0.25) is 5.02 Å². The van der Waals surface area contributed by atoms with Crippen molar-refractivity contribution in [1.29, 1.82) is 0 Å². The summed E-state index contributed by atoms with van der Waals surface area (Å²) in [5, 5.41) is 13.1. The highest BCUT2D eigenvalue weighted by Gasteiger charge is 2.27. The van der Waals surface area contributed by atoms with Crippen molar-refractivity contribution >= 4 is 41.5 Å². The molecule has 4 amide bonds. The van der Waals surface area contributed by atoms with E-state index in [2.05, 4.69) is 0 Å². The molecule has 1 heterocycles. The number of hydrogen-bond donors (Lipinski definition) is 3. The van der Waals surface area contributed by atoms with Crippen molar-refractivity contribution in [2.75, 3.05) is 0 Å². The number of urea groups is 1. The lowest BCUT2D eigenvalue weighted by molar-refractivity contribution is -0.123. The highest BCUT2D eigenvalue weighted by Crippen LogP contribution is 2.27. The fraction of sp³-hybridized carbons (Fsp3) is 0.0526. The highest BCUT2D eigenvalue weighted by atomic mass is 35.5. The zero-order chi connectivity index (χ0) is 20.3. The van der Waals surface area contributed by atoms with Gasteiger partial charge in [-0.15, -0.1) is 0 Å². The third-order valence-corrected chi connectivity index (χ3v) is 4.10. The first-order valence-corrected chi connectivity index (χ1v) is 8.34. The number of benzene rings is 2. The van der Waals surface area contributed by atoms with Gasteiger partial charge in [0.2, 0.25) is 0 Å². The van der Waals surface area contributed by atoms with E-state index in [-0.39, 0.29) is 22.8 Å². The number of rotatable bonds is 5. The van der Waals surface area contributed by atoms with E-state index >= 15 is 0 Å². The molecule has 0 spiro atoms. The number of carboxylic acids is 1. The molecule has 0 bridgehead atoms. The Bertz CT molecular complexity index is 992. The number of ether oxygens (including phenoxy) is 1. The molecule has 3 N–H and O–H groups in total. The van der Waals surface area contributed by atoms with E-state index in [0.29, 0.717) is 11.3 Å². The Balaban J connectivity index is 1.71. The Morgan fingerprint density at radius 3 is 2.25 bits per heavy atom. The third kappa shape index (κ3) is 4.36. The molecule has 8 nitrogen and oxygen atoms in total. The van der Waals surface area contributed by atoms with Gasteiger partial charge in [-0.25, -0.2) is 9.59 Å². The van der Waals surface area contributed by atoms with Crippen LogP contribution >= 0.6 is 11.6 Å². The van der Waals surface area contributed by atoms with Crippen molar-refractivity contribution in [2.45, 2.75) is 6.61 Å². The fourth-order valence-corrected chi connectivity index (χ4v) is 2.65. The molecule has 1 fully saturated rings. The number of barbiturate groups is 1. The van der Waals surface area contributed by atoms with Gasteiger partial charge in [0.15, 0.2) is 0 Å². The Hall–Kier alpha value is -3.65. The molecule has 2 aromatic rings. The molecule has 0 atom stereocenters. The van der Waals surface area contributed by atoms with Gasteiger partial charge in [-0.1, -0.05) is 29.8 Å². The van der Waals surface area contributed by atoms with Crippen molar-refractivity contribution in [3.8, 4) is 5.75 Å². The average molecular weight is 401 g/mol. The Morgan fingerprint density at radius 2 is 1.68 bits per heavy atom. The van der Waals surface area contributed by atoms with Crippen LogP contribution in [0.5, 0.6) is 5.75 Å². The third-order valence-electron chi connectivity index (χ3n) is 3.81. The summed E-state index contributed by atoms with van der Waals surface area (Å²) in [6, 6.07) is 10.0. The summed E-state index contributed by atoms with van der Waals surface area (Å²) in [4.78, 5) is 45.4. The first-order valence-electron chi connectivity index (χ1n) is 7.96. The van der Waals surface area contributed by atoms with E-state index in [1.54, 1.807) is 24.3 Å². The van der Waals surface area contributed by atoms with Crippen molar-refractivity contribution < 1.29 is 29.0 Å². The van der Waals surface area contributed by atoms with E-state index in [1.165, 1.54) is 24.3 Å². The van der Waals surface area contributed by atoms with Gasteiger partial charge in [0, 0.05) is 0 Å². The maximum absolute atomic E-state index is 11.7. The molecule has 0 unspecified atom stereocenters. The Morgan fingerprint density at radius 1 is 1.04 bits per heavy atom. The lowest BCUT2D eigenvalue weighted by Crippen LogP contribution is -2.51. The normalized spacial score (nSPS) is 13.6. The van der Waals surface area contributed by atoms with Crippen LogP contribution in [0.25, 0.3) is 6.08 Å². The summed E-state index contributed by atoms with van der Waals surface area (Å²) >= 11 is 6.19. The van der Waals surface area contributed by atoms with E-state index < -0.39 is 23.8 Å². The zero-order valence-electron chi connectivity index (χ0n) is 14.2. The van der Waals surface area contributed by atoms with Gasteiger partial charge < -0.3 is 9.84 Å². The highest BCUT2D eigenvalue weighted by molar-refractivity contribution is 6.33. The van der Waals surface area contributed by atoms with Gasteiger partial charge >= 0.3 is 12.0 Å². The van der Waals surface area contributed by atoms with Crippen LogP contribution in [0, 0.1) is 0 Å². The van der Waals surface area contributed by atoms with E-state index in [4.69, 9.17) is 21.4 Å². The topological polar surface area (TPSA) is 122 Å². The molecule has 0 saturated carbocycles. The van der Waals surface area contributed by atoms with Crippen molar-refractivity contribution in [3.63, 3.8) is 0 Å². The van der Waals surface area contributed by atoms with Crippen LogP contribution in [-0.4, -0.2) is 28.9 Å². The van der Waals surface area contributed by atoms with E-state index in [1.807, 2.05) is 10.6 Å². The summed E-state index contributed by atoms with van der Waals surface area (Å²) in [6.07, 6.45) is 1.30. The van der Waals surface area contributed by atoms with Crippen LogP contribution in [-0.2, 0) is 16.2 Å². The molecule has 0 aliphatic carbocycles. The largest absolute Gasteiger partial charge is 0.487 e. The summed E-state index contributed by atoms with van der Waals surface area (Å²) in [6.45, 7) is 0.174. The summed E-state index contributed by atoms with van der Waals surface area (Å²) in [7, 11) is 0. The number of carboxylic acid groups (broad SMARTS) is 1. The second-order valence-electron chi connectivity index (χ2n) is 5.78. The molecular weight excluding hydrogens is 388 g/mol. The first kappa shape index (κ1) is 19.1. The van der Waals surface area contributed by atoms with Gasteiger partial charge in [0.05, 0.1) is 10.6 Å². The van der Waals surface area contributed by atoms with Gasteiger partial charge in [-0.3, -0.25) is 20.2 Å². The average Bonchev–Trinajstić information content (AvgIpc) is 2.64. The second kappa shape index (κ2) is 7.93. The maximum Gasteiger partial charge on any atom is 0.335 e. The Kier molecular flexibility index (Phi) is 5.42. The summed E-state index contributed by atoms with van der Waals surface area (Å²) < 4.78 is 5.62. The molecule has 3 rings (SSSR count). The lowest BCUT2D eigenvalue weighted by atomic mass is 10.1. The fourth-order valence-electron chi connectivity index (χ4n) is 2.40. The van der Waals surface area contributed by atoms with E-state index in [0.717, 1.165) is 5.56 Å². The standard InChI is InChI=1S/C19H13ClN2O6/c20-14-8-11(7-13-16(23)21-19(27)22-17(13)24)3-6-15(14)28-9-10-1-4-12(5-2-10)18(25)26/h1-8H,9H2,(H,25,26)(H2,21,22,23,24,27). The molecule has 2 aromatic carbocycles. The number of halogens is 1. The lowest BCUT2D eigenvalue weighted by Gasteiger charge is -2.14. The molecule has 1 saturated heterocycles. The number of nitrogens with one attached hydrogen (secondary N) is 2. The molecule has 1 aliphatic heterocycles. The second-order valence-corrected chi connectivity index (χ2v) is 6.18. The summed E-state index contributed by atoms with van der Waals surface area (Å²) in [5.41, 5.74) is 1.19. The van der Waals surface area contributed by atoms with Gasteiger partial charge in [-0.2, -0.15) is 0 Å². The van der Waals surface area contributed by atoms with E-state index in [9.17, 15) is 19.2 Å². The van der Waals surface area contributed by atoms with Crippen molar-refractivity contribution in [3.05, 3.63) is 69.8 Å². The van der Waals surface area contributed by atoms with Gasteiger partial charge in [0.25, 0.3) is 11.8 Å². The van der Waals surface area contributed by atoms with Gasteiger partial charge in [-0.05, 0) is 41.5 Å². The van der Waals surface area contributed by atoms with Crippen molar-refractivity contribution in [1.82, 2.24) is 10.6 Å². The minimum absolute atomic E-state index is 0.174. The minimum Gasteiger partial charge on any atom is -0.487 e. The van der Waals surface area contributed by atoms with Crippen LogP contribution in [0.3, 0.4) is 0 Å². The molecule has 28 heavy (non-hydrogen) atoms. The number of aromatic carboxylic acids is 1. The van der Waals surface area contributed by atoms with Crippen LogP contribution in [0.4, 0.5) is 4.79 Å². The van der Waals surface area contributed by atoms with Crippen molar-refractivity contribution in [2.24, 2.45) is 0 Å². The smallest absolute Gasteiger partial charge is 0.335 e. The number of amides is 4. The molecule has 0 radical (unpaired) electrons. The molecule has 142 valence electrons. The number of carbonyl (C=O) groups excluding carboxylic acids is 3. The number of imide groups is 2. The van der Waals surface area contributed by atoms with Gasteiger partial charge in [0.1, 0.15) is 17.9 Å². The predicted octanol–water partition coefficient (Wildman–Crippen LogP) is 2.37. The molecule has 0 aromatic heterocycles. The SMILES string of the molecule is O=C1NC(=O)C(=Cc2ccc(OCc3ccc(C(=O)O)cc3)c(Cl)c2)C(=O)N1. The first-order chi connectivity index (χ1) is 13.3. The van der Waals surface area contributed by atoms with Crippen LogP contribution < -0.4 is 15.4 Å². The summed E-state index contributed by atoms with van der Waals surface area (Å²) in [5.74, 6) is -2.23. The molecule has 1 aliphatic rings. The zero-order valence-corrected chi connectivity index (χ0v) is 14.9. The molecule has 9 heteroatoms. The Labute approximate surface area is 163 Å². The van der Waals surface area contributed by atoms with Crippen LogP contribution in [0.1, 0.15) is 21.5 Å². The monoisotopic (exact) mass is 400 g/mol. The number of carbonyl (C=O) groups is 4. The predicted molar refractivity (Wildman–Crippen MR) is 98.8 cm³/mol. The maximum atomic E-state index is 11.7. The number of hydrogen-bond acceptors (Lipinski definition) is 5. The molecular formula is C19H13ClN2O6.